The fraction of sp³-hybridized carbons (Fsp3) is 0.222. The van der Waals surface area contributed by atoms with Crippen LogP contribution >= 0.6 is 11.8 Å². The Kier molecular flexibility index (Phi) is 2.49. The summed E-state index contributed by atoms with van der Waals surface area (Å²) in [5.41, 5.74) is 2.20. The van der Waals surface area contributed by atoms with Crippen molar-refractivity contribution < 1.29 is 0 Å². The summed E-state index contributed by atoms with van der Waals surface area (Å²) in [7, 11) is 0. The summed E-state index contributed by atoms with van der Waals surface area (Å²) in [5, 5.41) is 12.3. The molecule has 2 aromatic rings. The lowest BCUT2D eigenvalue weighted by Crippen LogP contribution is -1.98. The molecule has 0 saturated heterocycles. The van der Waals surface area contributed by atoms with Gasteiger partial charge in [0.2, 0.25) is 5.16 Å². The van der Waals surface area contributed by atoms with Gasteiger partial charge in [-0.2, -0.15) is 4.68 Å². The highest BCUT2D eigenvalue weighted by atomic mass is 32.2. The number of thioether (sulfide) groups is 1. The highest BCUT2D eigenvalue weighted by molar-refractivity contribution is 7.98. The van der Waals surface area contributed by atoms with E-state index in [1.807, 2.05) is 31.4 Å². The quantitative estimate of drug-likeness (QED) is 0.701. The number of hydrogen-bond acceptors (Lipinski definition) is 4. The van der Waals surface area contributed by atoms with Crippen molar-refractivity contribution in [2.75, 3.05) is 6.26 Å². The molecule has 0 saturated carbocycles. The summed E-state index contributed by atoms with van der Waals surface area (Å²) in [6.07, 6.45) is 1.96. The molecule has 2 rings (SSSR count). The Bertz CT molecular complexity index is 438. The Labute approximate surface area is 86.3 Å². The molecule has 0 aliphatic carbocycles. The van der Waals surface area contributed by atoms with Crippen LogP contribution in [0.15, 0.2) is 29.4 Å². The fourth-order valence-corrected chi connectivity index (χ4v) is 1.66. The number of benzene rings is 1. The lowest BCUT2D eigenvalue weighted by molar-refractivity contribution is 0.756. The summed E-state index contributed by atoms with van der Waals surface area (Å²) >= 11 is 1.53. The van der Waals surface area contributed by atoms with Gasteiger partial charge in [-0.1, -0.05) is 23.9 Å². The van der Waals surface area contributed by atoms with E-state index in [4.69, 9.17) is 0 Å². The molecule has 0 spiro atoms. The molecule has 1 heterocycles. The average molecular weight is 206 g/mol. The summed E-state index contributed by atoms with van der Waals surface area (Å²) in [5.74, 6) is 0. The molecular weight excluding hydrogens is 196 g/mol. The van der Waals surface area contributed by atoms with E-state index in [1.54, 1.807) is 4.68 Å². The molecule has 0 aliphatic heterocycles. The molecule has 1 aromatic heterocycles. The second-order valence-electron chi connectivity index (χ2n) is 2.92. The minimum atomic E-state index is 0.801. The molecule has 14 heavy (non-hydrogen) atoms. The van der Waals surface area contributed by atoms with Crippen molar-refractivity contribution in [1.29, 1.82) is 0 Å². The number of nitrogens with zero attached hydrogens (tertiary/aromatic N) is 4. The van der Waals surface area contributed by atoms with Crippen molar-refractivity contribution in [2.45, 2.75) is 12.1 Å². The standard InChI is InChI=1S/C9H10N4S/c1-7-4-3-5-8(6-7)13-9(14-2)10-11-12-13/h3-6H,1-2H3. The number of hydrogen-bond donors (Lipinski definition) is 0. The molecule has 5 heteroatoms. The second-order valence-corrected chi connectivity index (χ2v) is 3.69. The van der Waals surface area contributed by atoms with Gasteiger partial charge in [0.25, 0.3) is 0 Å². The monoisotopic (exact) mass is 206 g/mol. The molecule has 0 N–H and O–H groups in total. The van der Waals surface area contributed by atoms with E-state index in [1.165, 1.54) is 17.3 Å². The smallest absolute Gasteiger partial charge is 0.188 e. The van der Waals surface area contributed by atoms with E-state index in [0.29, 0.717) is 0 Å². The van der Waals surface area contributed by atoms with Crippen molar-refractivity contribution in [3.8, 4) is 5.69 Å². The molecule has 0 amide bonds. The SMILES string of the molecule is CSc1nnnn1-c1cccc(C)c1. The molecular formula is C9H10N4S. The Morgan fingerprint density at radius 1 is 1.36 bits per heavy atom. The van der Waals surface area contributed by atoms with Gasteiger partial charge in [-0.05, 0) is 41.3 Å². The van der Waals surface area contributed by atoms with Crippen molar-refractivity contribution >= 4 is 11.8 Å². The molecule has 0 fully saturated rings. The Morgan fingerprint density at radius 3 is 2.93 bits per heavy atom. The zero-order valence-corrected chi connectivity index (χ0v) is 8.82. The molecule has 0 radical (unpaired) electrons. The maximum atomic E-state index is 3.93. The third-order valence-electron chi connectivity index (χ3n) is 1.87. The number of rotatable bonds is 2. The van der Waals surface area contributed by atoms with E-state index < -0.39 is 0 Å². The van der Waals surface area contributed by atoms with Crippen LogP contribution in [0.1, 0.15) is 5.56 Å². The number of aryl methyl sites for hydroxylation is 1. The molecule has 0 unspecified atom stereocenters. The maximum absolute atomic E-state index is 3.93. The third kappa shape index (κ3) is 1.63. The van der Waals surface area contributed by atoms with E-state index >= 15 is 0 Å². The Hall–Kier alpha value is -1.36. The molecule has 4 nitrogen and oxygen atoms in total. The van der Waals surface area contributed by atoms with Gasteiger partial charge in [-0.3, -0.25) is 0 Å². The average Bonchev–Trinajstić information content (AvgIpc) is 2.65. The van der Waals surface area contributed by atoms with Crippen LogP contribution < -0.4 is 0 Å². The molecule has 0 bridgehead atoms. The molecule has 1 aromatic carbocycles. The van der Waals surface area contributed by atoms with Crippen molar-refractivity contribution in [3.63, 3.8) is 0 Å². The van der Waals surface area contributed by atoms with Gasteiger partial charge in [-0.15, -0.1) is 5.10 Å². The zero-order chi connectivity index (χ0) is 9.97. The van der Waals surface area contributed by atoms with Crippen molar-refractivity contribution in [1.82, 2.24) is 20.2 Å². The highest BCUT2D eigenvalue weighted by Gasteiger charge is 2.05. The summed E-state index contributed by atoms with van der Waals surface area (Å²) < 4.78 is 1.73. The molecule has 72 valence electrons. The summed E-state index contributed by atoms with van der Waals surface area (Å²) in [6, 6.07) is 8.09. The van der Waals surface area contributed by atoms with E-state index in [2.05, 4.69) is 21.6 Å². The Morgan fingerprint density at radius 2 is 2.21 bits per heavy atom. The number of tetrazole rings is 1. The first-order chi connectivity index (χ1) is 6.81. The largest absolute Gasteiger partial charge is 0.213 e. The second kappa shape index (κ2) is 3.79. The van der Waals surface area contributed by atoms with Gasteiger partial charge in [0.05, 0.1) is 5.69 Å². The van der Waals surface area contributed by atoms with Crippen molar-refractivity contribution in [3.05, 3.63) is 29.8 Å². The zero-order valence-electron chi connectivity index (χ0n) is 8.01. The topological polar surface area (TPSA) is 43.6 Å². The van der Waals surface area contributed by atoms with E-state index in [0.717, 1.165) is 10.8 Å². The minimum Gasteiger partial charge on any atom is -0.188 e. The van der Waals surface area contributed by atoms with Crippen LogP contribution in [0.5, 0.6) is 0 Å². The van der Waals surface area contributed by atoms with Gasteiger partial charge in [0, 0.05) is 0 Å². The van der Waals surface area contributed by atoms with E-state index in [-0.39, 0.29) is 0 Å². The first-order valence-electron chi connectivity index (χ1n) is 4.20. The van der Waals surface area contributed by atoms with Gasteiger partial charge >= 0.3 is 0 Å². The van der Waals surface area contributed by atoms with Crippen LogP contribution in [0, 0.1) is 6.92 Å². The number of aromatic nitrogens is 4. The van der Waals surface area contributed by atoms with Crippen LogP contribution in [-0.4, -0.2) is 26.5 Å². The van der Waals surface area contributed by atoms with Gasteiger partial charge in [0.1, 0.15) is 0 Å². The van der Waals surface area contributed by atoms with Crippen LogP contribution in [0.25, 0.3) is 5.69 Å². The van der Waals surface area contributed by atoms with E-state index in [9.17, 15) is 0 Å². The van der Waals surface area contributed by atoms with Crippen molar-refractivity contribution in [2.24, 2.45) is 0 Å². The van der Waals surface area contributed by atoms with Gasteiger partial charge in [-0.25, -0.2) is 0 Å². The molecule has 0 aliphatic rings. The van der Waals surface area contributed by atoms with Crippen LogP contribution in [0.2, 0.25) is 0 Å². The van der Waals surface area contributed by atoms with Gasteiger partial charge < -0.3 is 0 Å². The van der Waals surface area contributed by atoms with Crippen LogP contribution in [0.3, 0.4) is 0 Å². The molecule has 0 atom stereocenters. The third-order valence-corrected chi connectivity index (χ3v) is 2.49. The maximum Gasteiger partial charge on any atom is 0.213 e. The first kappa shape index (κ1) is 9.21. The predicted molar refractivity (Wildman–Crippen MR) is 55.7 cm³/mol. The lowest BCUT2D eigenvalue weighted by Gasteiger charge is -2.02. The normalized spacial score (nSPS) is 10.4. The highest BCUT2D eigenvalue weighted by Crippen LogP contribution is 2.15. The fourth-order valence-electron chi connectivity index (χ4n) is 1.23. The Balaban J connectivity index is 2.49. The summed E-state index contributed by atoms with van der Waals surface area (Å²) in [4.78, 5) is 0. The predicted octanol–water partition coefficient (Wildman–Crippen LogP) is 1.69. The lowest BCUT2D eigenvalue weighted by atomic mass is 10.2. The first-order valence-corrected chi connectivity index (χ1v) is 5.43. The van der Waals surface area contributed by atoms with Crippen LogP contribution in [0.4, 0.5) is 0 Å². The minimum absolute atomic E-state index is 0.801. The van der Waals surface area contributed by atoms with Crippen LogP contribution in [-0.2, 0) is 0 Å². The summed E-state index contributed by atoms with van der Waals surface area (Å²) in [6.45, 7) is 2.05. The van der Waals surface area contributed by atoms with Gasteiger partial charge in [0.15, 0.2) is 0 Å².